The van der Waals surface area contributed by atoms with Crippen molar-refractivity contribution in [1.29, 1.82) is 0 Å². The third-order valence-electron chi connectivity index (χ3n) is 3.47. The van der Waals surface area contributed by atoms with E-state index in [1.165, 1.54) is 12.8 Å². The van der Waals surface area contributed by atoms with Gasteiger partial charge >= 0.3 is 0 Å². The fraction of sp³-hybridized carbons (Fsp3) is 0.643. The van der Waals surface area contributed by atoms with E-state index in [1.54, 1.807) is 13.2 Å². The third-order valence-corrected chi connectivity index (χ3v) is 3.47. The summed E-state index contributed by atoms with van der Waals surface area (Å²) in [5.41, 5.74) is 1.74. The molecule has 100 valence electrons. The number of piperidine rings is 1. The molecule has 4 nitrogen and oxygen atoms in total. The Morgan fingerprint density at radius 3 is 3.11 bits per heavy atom. The Kier molecular flexibility index (Phi) is 4.55. The highest BCUT2D eigenvalue weighted by Crippen LogP contribution is 2.21. The molecule has 1 unspecified atom stereocenters. The molecule has 18 heavy (non-hydrogen) atoms. The van der Waals surface area contributed by atoms with E-state index in [9.17, 15) is 5.11 Å². The number of hydrogen-bond donors (Lipinski definition) is 1. The molecule has 1 fully saturated rings. The zero-order chi connectivity index (χ0) is 13.0. The highest BCUT2D eigenvalue weighted by Gasteiger charge is 2.20. The Labute approximate surface area is 109 Å². The van der Waals surface area contributed by atoms with Crippen molar-refractivity contribution in [3.63, 3.8) is 0 Å². The molecule has 2 rings (SSSR count). The molecule has 0 aliphatic carbocycles. The number of likely N-dealkylation sites (tertiary alicyclic amines) is 1. The van der Waals surface area contributed by atoms with Crippen LogP contribution in [0.5, 0.6) is 5.75 Å². The maximum atomic E-state index is 9.82. The van der Waals surface area contributed by atoms with E-state index in [0.29, 0.717) is 11.7 Å². The fourth-order valence-electron chi connectivity index (χ4n) is 2.60. The predicted octanol–water partition coefficient (Wildman–Crippen LogP) is 1.95. The van der Waals surface area contributed by atoms with Gasteiger partial charge in [-0.25, -0.2) is 0 Å². The molecule has 2 heterocycles. The molecule has 0 saturated carbocycles. The number of ether oxygens (including phenoxy) is 1. The van der Waals surface area contributed by atoms with Crippen molar-refractivity contribution in [2.45, 2.75) is 26.3 Å². The molecule has 0 bridgehead atoms. The first-order valence-electron chi connectivity index (χ1n) is 6.56. The number of aromatic hydroxyl groups is 1. The second kappa shape index (κ2) is 6.16. The molecule has 0 radical (unpaired) electrons. The first-order chi connectivity index (χ1) is 8.69. The van der Waals surface area contributed by atoms with Gasteiger partial charge in [-0.2, -0.15) is 0 Å². The predicted molar refractivity (Wildman–Crippen MR) is 70.5 cm³/mol. The first-order valence-corrected chi connectivity index (χ1v) is 6.56. The maximum Gasteiger partial charge on any atom is 0.138 e. The van der Waals surface area contributed by atoms with E-state index in [-0.39, 0.29) is 0 Å². The molecule has 1 aromatic heterocycles. The largest absolute Gasteiger partial charge is 0.506 e. The number of hydrogen-bond acceptors (Lipinski definition) is 4. The lowest BCUT2D eigenvalue weighted by molar-refractivity contribution is 0.0864. The van der Waals surface area contributed by atoms with Crippen molar-refractivity contribution in [2.75, 3.05) is 26.8 Å². The molecule has 1 atom stereocenters. The molecule has 0 amide bonds. The molecule has 1 aliphatic rings. The first kappa shape index (κ1) is 13.3. The van der Waals surface area contributed by atoms with E-state index in [1.807, 2.05) is 13.0 Å². The number of nitrogens with zero attached hydrogens (tertiary/aromatic N) is 2. The molecule has 0 spiro atoms. The van der Waals surface area contributed by atoms with E-state index >= 15 is 0 Å². The van der Waals surface area contributed by atoms with Gasteiger partial charge in [-0.3, -0.25) is 9.88 Å². The van der Waals surface area contributed by atoms with Crippen LogP contribution in [0.15, 0.2) is 12.1 Å². The van der Waals surface area contributed by atoms with E-state index in [0.717, 1.165) is 37.6 Å². The zero-order valence-electron chi connectivity index (χ0n) is 11.2. The van der Waals surface area contributed by atoms with Gasteiger partial charge in [0.1, 0.15) is 5.75 Å². The molecule has 1 aromatic rings. The van der Waals surface area contributed by atoms with Crippen LogP contribution in [0, 0.1) is 12.8 Å². The Morgan fingerprint density at radius 1 is 1.50 bits per heavy atom. The second-order valence-electron chi connectivity index (χ2n) is 5.12. The minimum absolute atomic E-state index is 0.300. The van der Waals surface area contributed by atoms with Gasteiger partial charge in [0.2, 0.25) is 0 Å². The number of aromatic nitrogens is 1. The Balaban J connectivity index is 1.98. The van der Waals surface area contributed by atoms with Crippen LogP contribution in [0.1, 0.15) is 24.2 Å². The quantitative estimate of drug-likeness (QED) is 0.887. The summed E-state index contributed by atoms with van der Waals surface area (Å²) < 4.78 is 5.23. The fourth-order valence-corrected chi connectivity index (χ4v) is 2.60. The zero-order valence-corrected chi connectivity index (χ0v) is 11.2. The van der Waals surface area contributed by atoms with Gasteiger partial charge in [0.25, 0.3) is 0 Å². The average Bonchev–Trinajstić information content (AvgIpc) is 2.35. The lowest BCUT2D eigenvalue weighted by atomic mass is 9.99. The van der Waals surface area contributed by atoms with Crippen LogP contribution in [0.4, 0.5) is 0 Å². The van der Waals surface area contributed by atoms with Crippen molar-refractivity contribution >= 4 is 0 Å². The number of methoxy groups -OCH3 is 1. The van der Waals surface area contributed by atoms with Crippen LogP contribution in [0.2, 0.25) is 0 Å². The van der Waals surface area contributed by atoms with Crippen LogP contribution < -0.4 is 0 Å². The van der Waals surface area contributed by atoms with Gasteiger partial charge in [-0.05, 0) is 44.4 Å². The summed E-state index contributed by atoms with van der Waals surface area (Å²) in [5.74, 6) is 0.908. The number of pyridine rings is 1. The van der Waals surface area contributed by atoms with Gasteiger partial charge in [-0.1, -0.05) is 0 Å². The molecule has 1 saturated heterocycles. The van der Waals surface area contributed by atoms with Crippen molar-refractivity contribution in [3.05, 3.63) is 23.5 Å². The van der Waals surface area contributed by atoms with E-state index < -0.39 is 0 Å². The third kappa shape index (κ3) is 3.43. The summed E-state index contributed by atoms with van der Waals surface area (Å²) in [6.45, 7) is 5.61. The SMILES string of the molecule is COCC1CCCN(Cc2nc(C)ccc2O)C1. The van der Waals surface area contributed by atoms with Crippen molar-refractivity contribution in [1.82, 2.24) is 9.88 Å². The van der Waals surface area contributed by atoms with E-state index in [4.69, 9.17) is 4.74 Å². The highest BCUT2D eigenvalue weighted by atomic mass is 16.5. The van der Waals surface area contributed by atoms with Crippen molar-refractivity contribution in [2.24, 2.45) is 5.92 Å². The molecule has 4 heteroatoms. The van der Waals surface area contributed by atoms with Gasteiger partial charge in [0, 0.05) is 25.9 Å². The summed E-state index contributed by atoms with van der Waals surface area (Å²) in [5, 5.41) is 9.82. The van der Waals surface area contributed by atoms with Gasteiger partial charge in [0.05, 0.1) is 12.3 Å². The molecular formula is C14H22N2O2. The smallest absolute Gasteiger partial charge is 0.138 e. The lowest BCUT2D eigenvalue weighted by Crippen LogP contribution is -2.36. The molecule has 0 aromatic carbocycles. The van der Waals surface area contributed by atoms with Crippen LogP contribution in [0.3, 0.4) is 0 Å². The standard InChI is InChI=1S/C14H22N2O2/c1-11-5-6-14(17)13(15-11)9-16-7-3-4-12(8-16)10-18-2/h5-6,12,17H,3-4,7-10H2,1-2H3. The molecular weight excluding hydrogens is 228 g/mol. The minimum Gasteiger partial charge on any atom is -0.506 e. The Bertz CT molecular complexity index is 393. The van der Waals surface area contributed by atoms with Crippen LogP contribution in [0.25, 0.3) is 0 Å². The summed E-state index contributed by atoms with van der Waals surface area (Å²) in [4.78, 5) is 6.77. The lowest BCUT2D eigenvalue weighted by Gasteiger charge is -2.32. The van der Waals surface area contributed by atoms with Crippen molar-refractivity contribution in [3.8, 4) is 5.75 Å². The topological polar surface area (TPSA) is 45.6 Å². The second-order valence-corrected chi connectivity index (χ2v) is 5.12. The Hall–Kier alpha value is -1.13. The monoisotopic (exact) mass is 250 g/mol. The van der Waals surface area contributed by atoms with Gasteiger partial charge in [-0.15, -0.1) is 0 Å². The summed E-state index contributed by atoms with van der Waals surface area (Å²) in [7, 11) is 1.76. The maximum absolute atomic E-state index is 9.82. The van der Waals surface area contributed by atoms with Crippen LogP contribution in [-0.2, 0) is 11.3 Å². The Morgan fingerprint density at radius 2 is 2.33 bits per heavy atom. The minimum atomic E-state index is 0.300. The number of rotatable bonds is 4. The van der Waals surface area contributed by atoms with Gasteiger partial charge in [0.15, 0.2) is 0 Å². The highest BCUT2D eigenvalue weighted by molar-refractivity contribution is 5.27. The summed E-state index contributed by atoms with van der Waals surface area (Å²) in [6, 6.07) is 3.57. The normalized spacial score (nSPS) is 21.1. The van der Waals surface area contributed by atoms with E-state index in [2.05, 4.69) is 9.88 Å². The average molecular weight is 250 g/mol. The van der Waals surface area contributed by atoms with Crippen LogP contribution >= 0.6 is 0 Å². The van der Waals surface area contributed by atoms with Crippen LogP contribution in [-0.4, -0.2) is 41.8 Å². The number of aryl methyl sites for hydroxylation is 1. The van der Waals surface area contributed by atoms with Crippen molar-refractivity contribution < 1.29 is 9.84 Å². The summed E-state index contributed by atoms with van der Waals surface area (Å²) in [6.07, 6.45) is 2.43. The molecule has 1 aliphatic heterocycles. The van der Waals surface area contributed by atoms with Gasteiger partial charge < -0.3 is 9.84 Å². The summed E-state index contributed by atoms with van der Waals surface area (Å²) >= 11 is 0. The molecule has 1 N–H and O–H groups in total.